The monoisotopic (exact) mass is 374 g/mol. The number of nitrogens with one attached hydrogen (secondary N) is 1. The van der Waals surface area contributed by atoms with E-state index in [1.165, 1.54) is 5.56 Å². The Hall–Kier alpha value is -2.95. The van der Waals surface area contributed by atoms with Gasteiger partial charge in [0, 0.05) is 30.9 Å². The van der Waals surface area contributed by atoms with Gasteiger partial charge in [-0.2, -0.15) is 0 Å². The van der Waals surface area contributed by atoms with Crippen LogP contribution in [0.25, 0.3) is 10.9 Å². The van der Waals surface area contributed by atoms with Crippen molar-refractivity contribution in [2.75, 3.05) is 18.0 Å². The molecule has 2 aromatic carbocycles. The van der Waals surface area contributed by atoms with Gasteiger partial charge in [-0.15, -0.1) is 0 Å². The molecule has 0 unspecified atom stereocenters. The van der Waals surface area contributed by atoms with Gasteiger partial charge in [-0.25, -0.2) is 9.97 Å². The average Bonchev–Trinajstić information content (AvgIpc) is 2.72. The fourth-order valence-corrected chi connectivity index (χ4v) is 3.80. The molecule has 5 nitrogen and oxygen atoms in total. The molecule has 28 heavy (non-hydrogen) atoms. The van der Waals surface area contributed by atoms with Crippen LogP contribution in [0.2, 0.25) is 0 Å². The smallest absolute Gasteiger partial charge is 0.226 e. The summed E-state index contributed by atoms with van der Waals surface area (Å²) in [6.45, 7) is 6.31. The number of hydrogen-bond donors (Lipinski definition) is 1. The van der Waals surface area contributed by atoms with Crippen LogP contribution in [0, 0.1) is 19.8 Å². The van der Waals surface area contributed by atoms with E-state index in [1.807, 2.05) is 37.3 Å². The molecule has 1 N–H and O–H groups in total. The molecule has 1 fully saturated rings. The first kappa shape index (κ1) is 18.4. The maximum Gasteiger partial charge on any atom is 0.226 e. The van der Waals surface area contributed by atoms with Gasteiger partial charge in [-0.05, 0) is 43.9 Å². The maximum absolute atomic E-state index is 12.5. The summed E-state index contributed by atoms with van der Waals surface area (Å²) in [4.78, 5) is 24.2. The fourth-order valence-electron chi connectivity index (χ4n) is 3.80. The number of piperidine rings is 1. The number of hydrogen-bond acceptors (Lipinski definition) is 4. The van der Waals surface area contributed by atoms with Gasteiger partial charge < -0.3 is 10.2 Å². The normalized spacial score (nSPS) is 15.0. The Bertz CT molecular complexity index is 979. The van der Waals surface area contributed by atoms with Crippen LogP contribution >= 0.6 is 0 Å². The highest BCUT2D eigenvalue weighted by molar-refractivity contribution is 5.82. The van der Waals surface area contributed by atoms with Crippen molar-refractivity contribution in [3.63, 3.8) is 0 Å². The molecular weight excluding hydrogens is 348 g/mol. The first-order valence-corrected chi connectivity index (χ1v) is 9.92. The van der Waals surface area contributed by atoms with Crippen LogP contribution in [-0.2, 0) is 11.3 Å². The van der Waals surface area contributed by atoms with Gasteiger partial charge in [0.15, 0.2) is 0 Å². The zero-order valence-electron chi connectivity index (χ0n) is 16.5. The standard InChI is InChI=1S/C23H26N4O/c1-16-8-9-20-17(2)25-23(26-21(20)14-16)27-12-10-19(11-13-27)22(28)24-15-18-6-4-3-5-7-18/h3-9,14,19H,10-13,15H2,1-2H3,(H,24,28). The molecule has 0 aliphatic carbocycles. The lowest BCUT2D eigenvalue weighted by atomic mass is 9.96. The molecule has 1 aliphatic heterocycles. The van der Waals surface area contributed by atoms with Crippen molar-refractivity contribution in [3.8, 4) is 0 Å². The molecule has 4 rings (SSSR count). The second-order valence-corrected chi connectivity index (χ2v) is 7.59. The topological polar surface area (TPSA) is 58.1 Å². The molecule has 2 heterocycles. The van der Waals surface area contributed by atoms with Gasteiger partial charge in [0.05, 0.1) is 11.2 Å². The van der Waals surface area contributed by atoms with Gasteiger partial charge in [0.2, 0.25) is 11.9 Å². The Labute approximate surface area is 165 Å². The summed E-state index contributed by atoms with van der Waals surface area (Å²) in [7, 11) is 0. The molecule has 0 atom stereocenters. The number of amides is 1. The Balaban J connectivity index is 1.38. The predicted molar refractivity (Wildman–Crippen MR) is 112 cm³/mol. The number of aromatic nitrogens is 2. The van der Waals surface area contributed by atoms with Crippen LogP contribution in [0.4, 0.5) is 5.95 Å². The van der Waals surface area contributed by atoms with Crippen molar-refractivity contribution in [2.45, 2.75) is 33.2 Å². The highest BCUT2D eigenvalue weighted by atomic mass is 16.1. The number of carbonyl (C=O) groups excluding carboxylic acids is 1. The zero-order valence-corrected chi connectivity index (χ0v) is 16.5. The summed E-state index contributed by atoms with van der Waals surface area (Å²) in [5.74, 6) is 0.984. The third kappa shape index (κ3) is 3.98. The van der Waals surface area contributed by atoms with E-state index in [-0.39, 0.29) is 11.8 Å². The highest BCUT2D eigenvalue weighted by Crippen LogP contribution is 2.24. The molecule has 3 aromatic rings. The molecular formula is C23H26N4O. The number of benzene rings is 2. The van der Waals surface area contributed by atoms with Crippen LogP contribution in [0.15, 0.2) is 48.5 Å². The van der Waals surface area contributed by atoms with Crippen molar-refractivity contribution in [1.82, 2.24) is 15.3 Å². The lowest BCUT2D eigenvalue weighted by molar-refractivity contribution is -0.125. The molecule has 1 amide bonds. The largest absolute Gasteiger partial charge is 0.352 e. The number of nitrogens with zero attached hydrogens (tertiary/aromatic N) is 3. The number of anilines is 1. The SMILES string of the molecule is Cc1ccc2c(C)nc(N3CCC(C(=O)NCc4ccccc4)CC3)nc2c1. The lowest BCUT2D eigenvalue weighted by Crippen LogP contribution is -2.41. The number of aryl methyl sites for hydroxylation is 2. The Kier molecular flexibility index (Phi) is 5.24. The van der Waals surface area contributed by atoms with E-state index in [1.54, 1.807) is 0 Å². The summed E-state index contributed by atoms with van der Waals surface area (Å²) in [5, 5.41) is 4.18. The van der Waals surface area contributed by atoms with E-state index in [9.17, 15) is 4.79 Å². The summed E-state index contributed by atoms with van der Waals surface area (Å²) >= 11 is 0. The van der Waals surface area contributed by atoms with Crippen molar-refractivity contribution in [2.24, 2.45) is 5.92 Å². The van der Waals surface area contributed by atoms with Crippen molar-refractivity contribution < 1.29 is 4.79 Å². The molecule has 0 bridgehead atoms. The average molecular weight is 374 g/mol. The second kappa shape index (κ2) is 7.97. The maximum atomic E-state index is 12.5. The van der Waals surface area contributed by atoms with Crippen molar-refractivity contribution in [1.29, 1.82) is 0 Å². The second-order valence-electron chi connectivity index (χ2n) is 7.59. The Morgan fingerprint density at radius 3 is 2.57 bits per heavy atom. The summed E-state index contributed by atoms with van der Waals surface area (Å²) in [6, 6.07) is 16.3. The molecule has 1 aromatic heterocycles. The van der Waals surface area contributed by atoms with Crippen molar-refractivity contribution >= 4 is 22.8 Å². The fraction of sp³-hybridized carbons (Fsp3) is 0.348. The van der Waals surface area contributed by atoms with Crippen LogP contribution in [0.1, 0.15) is 29.7 Å². The molecule has 1 saturated heterocycles. The van der Waals surface area contributed by atoms with Crippen molar-refractivity contribution in [3.05, 3.63) is 65.4 Å². The van der Waals surface area contributed by atoms with E-state index in [0.29, 0.717) is 6.54 Å². The molecule has 144 valence electrons. The van der Waals surface area contributed by atoms with Crippen LogP contribution < -0.4 is 10.2 Å². The minimum Gasteiger partial charge on any atom is -0.352 e. The highest BCUT2D eigenvalue weighted by Gasteiger charge is 2.26. The molecule has 5 heteroatoms. The Morgan fingerprint density at radius 2 is 1.82 bits per heavy atom. The molecule has 1 aliphatic rings. The van der Waals surface area contributed by atoms with E-state index in [0.717, 1.165) is 54.0 Å². The van der Waals surface area contributed by atoms with Crippen LogP contribution in [0.3, 0.4) is 0 Å². The first-order valence-electron chi connectivity index (χ1n) is 9.92. The molecule has 0 saturated carbocycles. The minimum atomic E-state index is 0.0590. The number of rotatable bonds is 4. The minimum absolute atomic E-state index is 0.0590. The van der Waals surface area contributed by atoms with E-state index in [2.05, 4.69) is 35.3 Å². The zero-order chi connectivity index (χ0) is 19.5. The van der Waals surface area contributed by atoms with Crippen LogP contribution in [-0.4, -0.2) is 29.0 Å². The summed E-state index contributed by atoms with van der Waals surface area (Å²) < 4.78 is 0. The van der Waals surface area contributed by atoms with E-state index in [4.69, 9.17) is 9.97 Å². The Morgan fingerprint density at radius 1 is 1.07 bits per heavy atom. The van der Waals surface area contributed by atoms with Gasteiger partial charge in [-0.3, -0.25) is 4.79 Å². The number of carbonyl (C=O) groups is 1. The third-order valence-electron chi connectivity index (χ3n) is 5.49. The summed E-state index contributed by atoms with van der Waals surface area (Å²) in [5.41, 5.74) is 4.32. The van der Waals surface area contributed by atoms with E-state index < -0.39 is 0 Å². The first-order chi connectivity index (χ1) is 13.6. The third-order valence-corrected chi connectivity index (χ3v) is 5.49. The lowest BCUT2D eigenvalue weighted by Gasteiger charge is -2.31. The van der Waals surface area contributed by atoms with Crippen LogP contribution in [0.5, 0.6) is 0 Å². The summed E-state index contributed by atoms with van der Waals surface area (Å²) in [6.07, 6.45) is 1.66. The van der Waals surface area contributed by atoms with Gasteiger partial charge in [0.1, 0.15) is 0 Å². The van der Waals surface area contributed by atoms with E-state index >= 15 is 0 Å². The van der Waals surface area contributed by atoms with Gasteiger partial charge >= 0.3 is 0 Å². The number of fused-ring (bicyclic) bond motifs is 1. The van der Waals surface area contributed by atoms with Gasteiger partial charge in [0.25, 0.3) is 0 Å². The van der Waals surface area contributed by atoms with Gasteiger partial charge in [-0.1, -0.05) is 42.5 Å². The quantitative estimate of drug-likeness (QED) is 0.755. The molecule has 0 radical (unpaired) electrons. The molecule has 0 spiro atoms. The predicted octanol–water partition coefficient (Wildman–Crippen LogP) is 3.78.